The van der Waals surface area contributed by atoms with Gasteiger partial charge in [0, 0.05) is 24.7 Å². The standard InChI is InChI=1S/C25H25F8NO3S/c26-19-5-7-21(8-6-19)38(35,36)22(11-9-20(10-12-22)34-13-15-37-16-14-34)17-1-3-18(4-2-17)23(27,24(28,29)30)25(31,32)33/h1-8,20H,9-16H2. The van der Waals surface area contributed by atoms with Crippen LogP contribution in [0, 0.1) is 5.82 Å². The number of hydrogen-bond acceptors (Lipinski definition) is 4. The Balaban J connectivity index is 1.76. The van der Waals surface area contributed by atoms with Crippen LogP contribution >= 0.6 is 0 Å². The summed E-state index contributed by atoms with van der Waals surface area (Å²) < 4.78 is 139. The smallest absolute Gasteiger partial charge is 0.379 e. The van der Waals surface area contributed by atoms with Crippen LogP contribution in [0.1, 0.15) is 36.8 Å². The van der Waals surface area contributed by atoms with Crippen LogP contribution in [0.5, 0.6) is 0 Å². The quantitative estimate of drug-likeness (QED) is 0.324. The average Bonchev–Trinajstić information content (AvgIpc) is 2.88. The first-order valence-electron chi connectivity index (χ1n) is 11.9. The van der Waals surface area contributed by atoms with E-state index in [0.29, 0.717) is 51.3 Å². The first kappa shape index (κ1) is 28.8. The van der Waals surface area contributed by atoms with Gasteiger partial charge in [0.25, 0.3) is 0 Å². The Morgan fingerprint density at radius 1 is 0.789 bits per heavy atom. The molecular weight excluding hydrogens is 546 g/mol. The fourth-order valence-corrected chi connectivity index (χ4v) is 7.59. The molecule has 2 aromatic carbocycles. The van der Waals surface area contributed by atoms with Crippen LogP contribution in [0.15, 0.2) is 53.4 Å². The van der Waals surface area contributed by atoms with Crippen molar-refractivity contribution >= 4 is 9.84 Å². The monoisotopic (exact) mass is 571 g/mol. The highest BCUT2D eigenvalue weighted by Gasteiger charge is 2.73. The first-order valence-corrected chi connectivity index (χ1v) is 13.4. The number of sulfone groups is 1. The van der Waals surface area contributed by atoms with E-state index >= 15 is 0 Å². The summed E-state index contributed by atoms with van der Waals surface area (Å²) >= 11 is 0. The topological polar surface area (TPSA) is 46.6 Å². The van der Waals surface area contributed by atoms with E-state index in [0.717, 1.165) is 36.4 Å². The molecule has 210 valence electrons. The summed E-state index contributed by atoms with van der Waals surface area (Å²) in [4.78, 5) is 1.92. The molecule has 4 rings (SSSR count). The normalized spacial score (nSPS) is 24.4. The zero-order valence-electron chi connectivity index (χ0n) is 20.0. The Bertz CT molecular complexity index is 1200. The fourth-order valence-electron chi connectivity index (χ4n) is 5.42. The lowest BCUT2D eigenvalue weighted by Gasteiger charge is -2.44. The molecule has 0 radical (unpaired) electrons. The van der Waals surface area contributed by atoms with Crippen LogP contribution in [0.3, 0.4) is 0 Å². The largest absolute Gasteiger partial charge is 0.435 e. The van der Waals surface area contributed by atoms with E-state index < -0.39 is 44.0 Å². The summed E-state index contributed by atoms with van der Waals surface area (Å²) in [5.74, 6) is -0.683. The number of alkyl halides is 7. The van der Waals surface area contributed by atoms with E-state index in [1.54, 1.807) is 0 Å². The molecule has 0 aromatic heterocycles. The van der Waals surface area contributed by atoms with Gasteiger partial charge in [0.1, 0.15) is 10.6 Å². The van der Waals surface area contributed by atoms with Gasteiger partial charge in [-0.25, -0.2) is 17.2 Å². The van der Waals surface area contributed by atoms with Gasteiger partial charge >= 0.3 is 18.0 Å². The molecular formula is C25H25F8NO3S. The third-order valence-electron chi connectivity index (χ3n) is 7.55. The van der Waals surface area contributed by atoms with Crippen molar-refractivity contribution in [3.05, 3.63) is 65.5 Å². The molecule has 2 aromatic rings. The number of benzene rings is 2. The lowest BCUT2D eigenvalue weighted by atomic mass is 9.79. The third kappa shape index (κ3) is 4.81. The highest BCUT2D eigenvalue weighted by atomic mass is 32.2. The predicted octanol–water partition coefficient (Wildman–Crippen LogP) is 6.06. The Morgan fingerprint density at radius 3 is 1.76 bits per heavy atom. The van der Waals surface area contributed by atoms with Crippen LogP contribution in [0.4, 0.5) is 35.1 Å². The van der Waals surface area contributed by atoms with Gasteiger partial charge in [-0.05, 0) is 55.5 Å². The highest BCUT2D eigenvalue weighted by Crippen LogP contribution is 2.54. The van der Waals surface area contributed by atoms with Gasteiger partial charge in [-0.2, -0.15) is 26.3 Å². The summed E-state index contributed by atoms with van der Waals surface area (Å²) in [6.45, 7) is 2.32. The van der Waals surface area contributed by atoms with E-state index in [1.807, 2.05) is 0 Å². The van der Waals surface area contributed by atoms with E-state index in [1.165, 1.54) is 0 Å². The van der Waals surface area contributed by atoms with Crippen molar-refractivity contribution < 1.29 is 48.3 Å². The predicted molar refractivity (Wildman–Crippen MR) is 121 cm³/mol. The van der Waals surface area contributed by atoms with E-state index in [4.69, 9.17) is 4.74 Å². The number of rotatable bonds is 5. The lowest BCUT2D eigenvalue weighted by Crippen LogP contribution is -2.50. The van der Waals surface area contributed by atoms with Crippen LogP contribution in [0.2, 0.25) is 0 Å². The first-order chi connectivity index (χ1) is 17.6. The maximum atomic E-state index is 14.6. The molecule has 38 heavy (non-hydrogen) atoms. The van der Waals surface area contributed by atoms with Crippen LogP contribution < -0.4 is 0 Å². The minimum Gasteiger partial charge on any atom is -0.379 e. The minimum atomic E-state index is -6.29. The van der Waals surface area contributed by atoms with Gasteiger partial charge in [-0.1, -0.05) is 24.3 Å². The molecule has 0 bridgehead atoms. The van der Waals surface area contributed by atoms with Gasteiger partial charge in [-0.15, -0.1) is 0 Å². The van der Waals surface area contributed by atoms with E-state index in [2.05, 4.69) is 4.90 Å². The molecule has 1 saturated carbocycles. The summed E-state index contributed by atoms with van der Waals surface area (Å²) in [7, 11) is -4.30. The second-order valence-corrected chi connectivity index (χ2v) is 11.8. The zero-order valence-corrected chi connectivity index (χ0v) is 20.8. The number of hydrogen-bond donors (Lipinski definition) is 0. The summed E-state index contributed by atoms with van der Waals surface area (Å²) in [6, 6.07) is 6.35. The number of nitrogens with zero attached hydrogens (tertiary/aromatic N) is 1. The lowest BCUT2D eigenvalue weighted by molar-refractivity contribution is -0.348. The van der Waals surface area contributed by atoms with Crippen LogP contribution in [-0.2, 0) is 25.0 Å². The molecule has 0 N–H and O–H groups in total. The third-order valence-corrected chi connectivity index (χ3v) is 10.1. The molecule has 2 aliphatic rings. The molecule has 0 spiro atoms. The van der Waals surface area contributed by atoms with Gasteiger partial charge in [0.05, 0.1) is 18.1 Å². The van der Waals surface area contributed by atoms with Crippen molar-refractivity contribution in [1.82, 2.24) is 4.90 Å². The fraction of sp³-hybridized carbons (Fsp3) is 0.520. The van der Waals surface area contributed by atoms with Crippen LogP contribution in [0.25, 0.3) is 0 Å². The molecule has 1 heterocycles. The summed E-state index contributed by atoms with van der Waals surface area (Å²) in [5, 5.41) is 0. The summed E-state index contributed by atoms with van der Waals surface area (Å²) in [6.07, 6.45) is -11.8. The summed E-state index contributed by atoms with van der Waals surface area (Å²) in [5.41, 5.74) is -7.38. The maximum absolute atomic E-state index is 14.6. The van der Waals surface area contributed by atoms with Gasteiger partial charge in [0.2, 0.25) is 0 Å². The SMILES string of the molecule is O=S(=O)(c1ccc(F)cc1)C1(c2ccc(C(F)(C(F)(F)F)C(F)(F)F)cc2)CCC(N2CCOCC2)CC1. The average molecular weight is 572 g/mol. The number of morpholine rings is 1. The second kappa shape index (κ2) is 10.1. The Hall–Kier alpha value is -2.25. The number of ether oxygens (including phenoxy) is 1. The molecule has 1 aliphatic heterocycles. The van der Waals surface area contributed by atoms with Crippen molar-refractivity contribution in [1.29, 1.82) is 0 Å². The Kier molecular flexibility index (Phi) is 7.61. The molecule has 0 atom stereocenters. The van der Waals surface area contributed by atoms with Crippen molar-refractivity contribution in [2.75, 3.05) is 26.3 Å². The molecule has 1 saturated heterocycles. The van der Waals surface area contributed by atoms with Gasteiger partial charge in [-0.3, -0.25) is 4.90 Å². The van der Waals surface area contributed by atoms with E-state index in [-0.39, 0.29) is 29.3 Å². The molecule has 2 fully saturated rings. The van der Waals surface area contributed by atoms with Gasteiger partial charge in [0.15, 0.2) is 9.84 Å². The molecule has 0 amide bonds. The highest BCUT2D eigenvalue weighted by molar-refractivity contribution is 7.92. The van der Waals surface area contributed by atoms with Crippen molar-refractivity contribution in [3.63, 3.8) is 0 Å². The van der Waals surface area contributed by atoms with Crippen LogP contribution in [-0.4, -0.2) is 58.0 Å². The second-order valence-electron chi connectivity index (χ2n) is 9.56. The van der Waals surface area contributed by atoms with Crippen molar-refractivity contribution in [2.24, 2.45) is 0 Å². The van der Waals surface area contributed by atoms with E-state index in [9.17, 15) is 43.5 Å². The van der Waals surface area contributed by atoms with Crippen molar-refractivity contribution in [2.45, 2.75) is 59.4 Å². The molecule has 0 unspecified atom stereocenters. The number of halogens is 8. The zero-order chi connectivity index (χ0) is 28.0. The maximum Gasteiger partial charge on any atom is 0.435 e. The molecule has 4 nitrogen and oxygen atoms in total. The molecule has 13 heteroatoms. The Morgan fingerprint density at radius 2 is 1.29 bits per heavy atom. The van der Waals surface area contributed by atoms with Crippen molar-refractivity contribution in [3.8, 4) is 0 Å². The van der Waals surface area contributed by atoms with Gasteiger partial charge < -0.3 is 4.74 Å². The Labute approximate surface area is 214 Å². The molecule has 1 aliphatic carbocycles. The minimum absolute atomic E-state index is 0.00339.